The molecule has 162 valence electrons. The van der Waals surface area contributed by atoms with E-state index in [9.17, 15) is 19.7 Å². The van der Waals surface area contributed by atoms with Gasteiger partial charge >= 0.3 is 0 Å². The van der Waals surface area contributed by atoms with E-state index in [2.05, 4.69) is 5.32 Å². The summed E-state index contributed by atoms with van der Waals surface area (Å²) in [5.41, 5.74) is 1.49. The third kappa shape index (κ3) is 3.39. The van der Waals surface area contributed by atoms with E-state index in [0.29, 0.717) is 25.1 Å². The van der Waals surface area contributed by atoms with Gasteiger partial charge in [0.25, 0.3) is 5.69 Å². The Hall–Kier alpha value is -3.74. The maximum absolute atomic E-state index is 12.9. The largest absolute Gasteiger partial charge is 0.375 e. The third-order valence-electron chi connectivity index (χ3n) is 6.63. The summed E-state index contributed by atoms with van der Waals surface area (Å²) in [5, 5.41) is 17.1. The summed E-state index contributed by atoms with van der Waals surface area (Å²) < 4.78 is 0. The minimum Gasteiger partial charge on any atom is -0.375 e. The minimum absolute atomic E-state index is 0.154. The average molecular weight is 429 g/mol. The normalized spacial score (nSPS) is 20.4. The van der Waals surface area contributed by atoms with Crippen LogP contribution in [-0.2, 0) is 16.1 Å². The molecule has 1 saturated heterocycles. The Labute approximate surface area is 185 Å². The van der Waals surface area contributed by atoms with Crippen molar-refractivity contribution in [1.82, 2.24) is 0 Å². The minimum atomic E-state index is -0.479. The van der Waals surface area contributed by atoms with Gasteiger partial charge < -0.3 is 5.32 Å². The van der Waals surface area contributed by atoms with Gasteiger partial charge in [-0.25, -0.2) is 4.90 Å². The van der Waals surface area contributed by atoms with Gasteiger partial charge in [-0.1, -0.05) is 55.3 Å². The van der Waals surface area contributed by atoms with Crippen LogP contribution in [-0.4, -0.2) is 16.7 Å². The van der Waals surface area contributed by atoms with Gasteiger partial charge in [-0.3, -0.25) is 19.7 Å². The smallest absolute Gasteiger partial charge is 0.294 e. The third-order valence-corrected chi connectivity index (χ3v) is 6.63. The molecule has 0 bridgehead atoms. The highest BCUT2D eigenvalue weighted by Gasteiger charge is 2.49. The van der Waals surface area contributed by atoms with Crippen molar-refractivity contribution < 1.29 is 14.5 Å². The Morgan fingerprint density at radius 1 is 0.938 bits per heavy atom. The first-order valence-corrected chi connectivity index (χ1v) is 10.9. The number of nitro groups is 1. The van der Waals surface area contributed by atoms with Crippen LogP contribution in [0.4, 0.5) is 17.1 Å². The van der Waals surface area contributed by atoms with Crippen molar-refractivity contribution in [1.29, 1.82) is 0 Å². The molecule has 3 aromatic rings. The fourth-order valence-corrected chi connectivity index (χ4v) is 5.01. The van der Waals surface area contributed by atoms with Crippen molar-refractivity contribution >= 4 is 39.6 Å². The summed E-state index contributed by atoms with van der Waals surface area (Å²) in [5.74, 6) is -1.05. The Morgan fingerprint density at radius 3 is 2.34 bits per heavy atom. The van der Waals surface area contributed by atoms with E-state index in [1.165, 1.54) is 6.07 Å². The second-order valence-corrected chi connectivity index (χ2v) is 8.46. The monoisotopic (exact) mass is 429 g/mol. The zero-order valence-electron chi connectivity index (χ0n) is 17.5. The van der Waals surface area contributed by atoms with Crippen molar-refractivity contribution in [3.63, 3.8) is 0 Å². The number of imide groups is 1. The number of benzene rings is 3. The standard InChI is InChI=1S/C25H23N3O4/c29-24-20-10-3-4-11-21(20)25(30)27(24)18-12-13-22(23(14-18)28(31)32)26-15-17-8-5-7-16-6-1-2-9-19(16)17/h1-2,5-9,12-14,20-21,26H,3-4,10-11,15H2/t20-,21-/m1/s1. The number of nitrogens with one attached hydrogen (secondary N) is 1. The van der Waals surface area contributed by atoms with Gasteiger partial charge in [-0.15, -0.1) is 0 Å². The van der Waals surface area contributed by atoms with Crippen molar-refractivity contribution in [2.75, 3.05) is 10.2 Å². The average Bonchev–Trinajstić information content (AvgIpc) is 3.07. The lowest BCUT2D eigenvalue weighted by Crippen LogP contribution is -2.30. The van der Waals surface area contributed by atoms with Crippen molar-refractivity contribution in [2.24, 2.45) is 11.8 Å². The van der Waals surface area contributed by atoms with E-state index in [1.807, 2.05) is 42.5 Å². The summed E-state index contributed by atoms with van der Waals surface area (Å²) in [6.45, 7) is 0.410. The predicted molar refractivity (Wildman–Crippen MR) is 122 cm³/mol. The second kappa shape index (κ2) is 8.07. The molecule has 0 radical (unpaired) electrons. The molecule has 1 aliphatic heterocycles. The van der Waals surface area contributed by atoms with Crippen molar-refractivity contribution in [3.05, 3.63) is 76.3 Å². The van der Waals surface area contributed by atoms with Crippen LogP contribution in [0.2, 0.25) is 0 Å². The van der Waals surface area contributed by atoms with Gasteiger partial charge in [0.05, 0.1) is 22.4 Å². The number of carbonyl (C=O) groups is 2. The second-order valence-electron chi connectivity index (χ2n) is 8.46. The molecule has 7 nitrogen and oxygen atoms in total. The molecule has 3 aromatic carbocycles. The molecule has 7 heteroatoms. The van der Waals surface area contributed by atoms with Gasteiger partial charge in [0.2, 0.25) is 11.8 Å². The molecule has 2 atom stereocenters. The molecule has 0 unspecified atom stereocenters. The van der Waals surface area contributed by atoms with E-state index < -0.39 is 4.92 Å². The van der Waals surface area contributed by atoms with Gasteiger partial charge in [0.15, 0.2) is 0 Å². The van der Waals surface area contributed by atoms with Gasteiger partial charge in [-0.2, -0.15) is 0 Å². The van der Waals surface area contributed by atoms with E-state index in [0.717, 1.165) is 34.1 Å². The van der Waals surface area contributed by atoms with Crippen LogP contribution in [0.25, 0.3) is 10.8 Å². The van der Waals surface area contributed by atoms with Crippen LogP contribution in [0, 0.1) is 22.0 Å². The van der Waals surface area contributed by atoms with E-state index in [4.69, 9.17) is 0 Å². The molecule has 2 aliphatic rings. The molecule has 2 fully saturated rings. The number of nitro benzene ring substituents is 1. The first kappa shape index (κ1) is 20.2. The van der Waals surface area contributed by atoms with Crippen LogP contribution in [0.3, 0.4) is 0 Å². The molecule has 0 aromatic heterocycles. The van der Waals surface area contributed by atoms with Crippen molar-refractivity contribution in [2.45, 2.75) is 32.2 Å². The number of hydrogen-bond donors (Lipinski definition) is 1. The van der Waals surface area contributed by atoms with Gasteiger partial charge in [-0.05, 0) is 41.3 Å². The topological polar surface area (TPSA) is 92.6 Å². The Balaban J connectivity index is 1.43. The SMILES string of the molecule is O=C1[C@@H]2CCCC[C@H]2C(=O)N1c1ccc(NCc2cccc3ccccc23)c([N+](=O)[O-])c1. The number of amides is 2. The van der Waals surface area contributed by atoms with Crippen LogP contribution >= 0.6 is 0 Å². The molecule has 5 rings (SSSR count). The molecule has 32 heavy (non-hydrogen) atoms. The van der Waals surface area contributed by atoms with Crippen LogP contribution in [0.5, 0.6) is 0 Å². The number of rotatable bonds is 5. The van der Waals surface area contributed by atoms with Gasteiger partial charge in [0, 0.05) is 12.6 Å². The maximum Gasteiger partial charge on any atom is 0.294 e. The number of fused-ring (bicyclic) bond motifs is 2. The Morgan fingerprint density at radius 2 is 1.62 bits per heavy atom. The summed E-state index contributed by atoms with van der Waals surface area (Å²) in [7, 11) is 0. The summed E-state index contributed by atoms with van der Waals surface area (Å²) in [4.78, 5) is 38.2. The van der Waals surface area contributed by atoms with Crippen LogP contribution in [0.15, 0.2) is 60.7 Å². The number of carbonyl (C=O) groups excluding carboxylic acids is 2. The van der Waals surface area contributed by atoms with Crippen LogP contribution < -0.4 is 10.2 Å². The Kier molecular flexibility index (Phi) is 5.09. The zero-order valence-corrected chi connectivity index (χ0v) is 17.5. The highest BCUT2D eigenvalue weighted by molar-refractivity contribution is 6.22. The lowest BCUT2D eigenvalue weighted by atomic mass is 9.81. The molecule has 2 amide bonds. The number of anilines is 2. The van der Waals surface area contributed by atoms with Crippen LogP contribution in [0.1, 0.15) is 31.2 Å². The maximum atomic E-state index is 12.9. The number of nitrogens with zero attached hydrogens (tertiary/aromatic N) is 2. The molecule has 1 N–H and O–H groups in total. The summed E-state index contributed by atoms with van der Waals surface area (Å²) in [6.07, 6.45) is 3.29. The molecule has 0 spiro atoms. The Bertz CT molecular complexity index is 1210. The predicted octanol–water partition coefficient (Wildman–Crippen LogP) is 5.04. The zero-order chi connectivity index (χ0) is 22.2. The summed E-state index contributed by atoms with van der Waals surface area (Å²) >= 11 is 0. The quantitative estimate of drug-likeness (QED) is 0.348. The van der Waals surface area contributed by atoms with Gasteiger partial charge in [0.1, 0.15) is 5.69 Å². The fourth-order valence-electron chi connectivity index (χ4n) is 5.01. The first-order valence-electron chi connectivity index (χ1n) is 10.9. The molecular formula is C25H23N3O4. The molecule has 1 saturated carbocycles. The highest BCUT2D eigenvalue weighted by Crippen LogP contribution is 2.41. The summed E-state index contributed by atoms with van der Waals surface area (Å²) in [6, 6.07) is 18.5. The van der Waals surface area contributed by atoms with Crippen molar-refractivity contribution in [3.8, 4) is 0 Å². The van der Waals surface area contributed by atoms with E-state index in [1.54, 1.807) is 12.1 Å². The van der Waals surface area contributed by atoms with E-state index in [-0.39, 0.29) is 35.0 Å². The molecular weight excluding hydrogens is 406 g/mol. The fraction of sp³-hybridized carbons (Fsp3) is 0.280. The molecule has 1 heterocycles. The molecule has 1 aliphatic carbocycles. The number of hydrogen-bond acceptors (Lipinski definition) is 5. The lowest BCUT2D eigenvalue weighted by molar-refractivity contribution is -0.383. The lowest BCUT2D eigenvalue weighted by Gasteiger charge is -2.19. The van der Waals surface area contributed by atoms with E-state index >= 15 is 0 Å². The highest BCUT2D eigenvalue weighted by atomic mass is 16.6. The first-order chi connectivity index (χ1) is 15.5.